The molecule has 2 N–H and O–H groups in total. The molecule has 2 amide bonds. The fraction of sp³-hybridized carbons (Fsp3) is 0.167. The Balaban J connectivity index is 1.32. The van der Waals surface area contributed by atoms with E-state index in [0.717, 1.165) is 39.5 Å². The lowest BCUT2D eigenvalue weighted by Crippen LogP contribution is -2.30. The van der Waals surface area contributed by atoms with Crippen LogP contribution in [0.25, 0.3) is 20.8 Å². The number of urea groups is 1. The number of carbonyl (C=O) groups is 1. The summed E-state index contributed by atoms with van der Waals surface area (Å²) in [6, 6.07) is 21.7. The Morgan fingerprint density at radius 2 is 1.90 bits per heavy atom. The van der Waals surface area contributed by atoms with Gasteiger partial charge in [-0.3, -0.25) is 0 Å². The fourth-order valence-electron chi connectivity index (χ4n) is 3.18. The van der Waals surface area contributed by atoms with Crippen LogP contribution in [-0.4, -0.2) is 24.7 Å². The molecule has 0 aliphatic rings. The number of nitrogens with one attached hydrogen (secondary N) is 2. The Morgan fingerprint density at radius 3 is 2.70 bits per heavy atom. The van der Waals surface area contributed by atoms with E-state index in [2.05, 4.69) is 35.8 Å². The van der Waals surface area contributed by atoms with E-state index in [1.54, 1.807) is 18.4 Å². The molecule has 1 aromatic heterocycles. The average molecular weight is 418 g/mol. The highest BCUT2D eigenvalue weighted by atomic mass is 32.1. The van der Waals surface area contributed by atoms with Crippen LogP contribution in [0.1, 0.15) is 11.1 Å². The lowest BCUT2D eigenvalue weighted by Gasteiger charge is -2.09. The maximum absolute atomic E-state index is 12.2. The topological polar surface area (TPSA) is 63.2 Å². The number of rotatable bonds is 6. The van der Waals surface area contributed by atoms with Gasteiger partial charge in [-0.2, -0.15) is 0 Å². The molecule has 0 atom stereocenters. The summed E-state index contributed by atoms with van der Waals surface area (Å²) in [6.07, 6.45) is 0.737. The van der Waals surface area contributed by atoms with Crippen LogP contribution < -0.4 is 15.4 Å². The van der Waals surface area contributed by atoms with Gasteiger partial charge >= 0.3 is 6.03 Å². The number of ether oxygens (including phenoxy) is 1. The van der Waals surface area contributed by atoms with Crippen LogP contribution in [0.3, 0.4) is 0 Å². The third-order valence-electron chi connectivity index (χ3n) is 4.77. The molecule has 30 heavy (non-hydrogen) atoms. The van der Waals surface area contributed by atoms with Crippen LogP contribution in [0.15, 0.2) is 66.7 Å². The van der Waals surface area contributed by atoms with Gasteiger partial charge in [0, 0.05) is 17.8 Å². The maximum atomic E-state index is 12.2. The summed E-state index contributed by atoms with van der Waals surface area (Å²) in [6.45, 7) is 2.63. The Labute approximate surface area is 179 Å². The number of hydrogen-bond acceptors (Lipinski definition) is 4. The van der Waals surface area contributed by atoms with Crippen molar-refractivity contribution >= 4 is 33.3 Å². The number of nitrogens with zero attached hydrogens (tertiary/aromatic N) is 1. The van der Waals surface area contributed by atoms with Gasteiger partial charge in [0.25, 0.3) is 0 Å². The minimum Gasteiger partial charge on any atom is -0.497 e. The normalized spacial score (nSPS) is 10.7. The second-order valence-corrected chi connectivity index (χ2v) is 8.08. The first-order valence-corrected chi connectivity index (χ1v) is 10.6. The molecule has 0 aliphatic heterocycles. The van der Waals surface area contributed by atoms with E-state index < -0.39 is 0 Å². The van der Waals surface area contributed by atoms with E-state index >= 15 is 0 Å². The van der Waals surface area contributed by atoms with Gasteiger partial charge in [-0.05, 0) is 73.0 Å². The van der Waals surface area contributed by atoms with Gasteiger partial charge < -0.3 is 15.4 Å². The molecule has 5 nitrogen and oxygen atoms in total. The van der Waals surface area contributed by atoms with Crippen LogP contribution in [0.2, 0.25) is 0 Å². The Morgan fingerprint density at radius 1 is 1.07 bits per heavy atom. The second kappa shape index (κ2) is 8.97. The molecule has 0 bridgehead atoms. The number of anilines is 1. The summed E-state index contributed by atoms with van der Waals surface area (Å²) in [4.78, 5) is 16.9. The Hall–Kier alpha value is -3.38. The van der Waals surface area contributed by atoms with E-state index in [-0.39, 0.29) is 6.03 Å². The summed E-state index contributed by atoms with van der Waals surface area (Å²) >= 11 is 1.68. The average Bonchev–Trinajstić information content (AvgIpc) is 3.17. The summed E-state index contributed by atoms with van der Waals surface area (Å²) in [5.74, 6) is 0.820. The van der Waals surface area contributed by atoms with Crippen molar-refractivity contribution in [2.75, 3.05) is 19.0 Å². The van der Waals surface area contributed by atoms with Crippen LogP contribution in [0, 0.1) is 6.92 Å². The standard InChI is InChI=1S/C24H23N3O2S/c1-16-6-11-21-22(14-16)30-23(27-21)18-7-9-19(10-8-18)26-24(28)25-13-12-17-4-3-5-20(15-17)29-2/h3-11,14-15H,12-13H2,1-2H3,(H2,25,26,28). The second-order valence-electron chi connectivity index (χ2n) is 7.05. The fourth-order valence-corrected chi connectivity index (χ4v) is 4.24. The first kappa shape index (κ1) is 19.9. The van der Waals surface area contributed by atoms with E-state index in [1.165, 1.54) is 10.3 Å². The zero-order valence-corrected chi connectivity index (χ0v) is 17.8. The van der Waals surface area contributed by atoms with Crippen molar-refractivity contribution in [1.82, 2.24) is 10.3 Å². The monoisotopic (exact) mass is 417 g/mol. The molecule has 0 saturated heterocycles. The molecular weight excluding hydrogens is 394 g/mol. The Bertz CT molecular complexity index is 1170. The molecule has 3 aromatic carbocycles. The molecule has 0 aliphatic carbocycles. The predicted octanol–water partition coefficient (Wildman–Crippen LogP) is 5.64. The van der Waals surface area contributed by atoms with Gasteiger partial charge in [-0.25, -0.2) is 9.78 Å². The molecule has 6 heteroatoms. The van der Waals surface area contributed by atoms with E-state index in [9.17, 15) is 4.79 Å². The molecular formula is C24H23N3O2S. The largest absolute Gasteiger partial charge is 0.497 e. The number of methoxy groups -OCH3 is 1. The number of fused-ring (bicyclic) bond motifs is 1. The molecule has 0 spiro atoms. The van der Waals surface area contributed by atoms with Crippen LogP contribution in [0.5, 0.6) is 5.75 Å². The van der Waals surface area contributed by atoms with E-state index in [4.69, 9.17) is 9.72 Å². The van der Waals surface area contributed by atoms with Crippen LogP contribution in [0.4, 0.5) is 10.5 Å². The summed E-state index contributed by atoms with van der Waals surface area (Å²) < 4.78 is 6.40. The first-order chi connectivity index (χ1) is 14.6. The number of thiazole rings is 1. The molecule has 0 unspecified atom stereocenters. The van der Waals surface area contributed by atoms with Crippen LogP contribution in [-0.2, 0) is 6.42 Å². The van der Waals surface area contributed by atoms with Crippen molar-refractivity contribution in [3.63, 3.8) is 0 Å². The minimum absolute atomic E-state index is 0.221. The zero-order valence-electron chi connectivity index (χ0n) is 16.9. The summed E-state index contributed by atoms with van der Waals surface area (Å²) in [5, 5.41) is 6.73. The number of benzene rings is 3. The summed E-state index contributed by atoms with van der Waals surface area (Å²) in [5.41, 5.74) is 5.14. The van der Waals surface area contributed by atoms with Gasteiger partial charge in [-0.1, -0.05) is 18.2 Å². The Kier molecular flexibility index (Phi) is 5.95. The molecule has 4 aromatic rings. The quantitative estimate of drug-likeness (QED) is 0.426. The van der Waals surface area contributed by atoms with Crippen LogP contribution >= 0.6 is 11.3 Å². The SMILES string of the molecule is COc1cccc(CCNC(=O)Nc2ccc(-c3nc4ccc(C)cc4s3)cc2)c1. The third-order valence-corrected chi connectivity index (χ3v) is 5.83. The highest BCUT2D eigenvalue weighted by Crippen LogP contribution is 2.31. The van der Waals surface area contributed by atoms with Crippen molar-refractivity contribution in [3.05, 3.63) is 77.9 Å². The predicted molar refractivity (Wildman–Crippen MR) is 124 cm³/mol. The molecule has 4 rings (SSSR count). The number of hydrogen-bond donors (Lipinski definition) is 2. The number of carbonyl (C=O) groups excluding carboxylic acids is 1. The molecule has 1 heterocycles. The molecule has 0 radical (unpaired) electrons. The summed E-state index contributed by atoms with van der Waals surface area (Å²) in [7, 11) is 1.65. The van der Waals surface area contributed by atoms with Gasteiger partial charge in [0.05, 0.1) is 17.3 Å². The van der Waals surface area contributed by atoms with Crippen molar-refractivity contribution in [3.8, 4) is 16.3 Å². The van der Waals surface area contributed by atoms with Gasteiger partial charge in [0.15, 0.2) is 0 Å². The lowest BCUT2D eigenvalue weighted by molar-refractivity contribution is 0.252. The van der Waals surface area contributed by atoms with E-state index in [1.807, 2.05) is 48.5 Å². The molecule has 152 valence electrons. The van der Waals surface area contributed by atoms with Gasteiger partial charge in [0.1, 0.15) is 10.8 Å². The third kappa shape index (κ3) is 4.78. The lowest BCUT2D eigenvalue weighted by atomic mass is 10.1. The van der Waals surface area contributed by atoms with E-state index in [0.29, 0.717) is 6.54 Å². The smallest absolute Gasteiger partial charge is 0.319 e. The maximum Gasteiger partial charge on any atom is 0.319 e. The van der Waals surface area contributed by atoms with Crippen molar-refractivity contribution in [2.24, 2.45) is 0 Å². The number of aryl methyl sites for hydroxylation is 1. The van der Waals surface area contributed by atoms with Crippen molar-refractivity contribution in [1.29, 1.82) is 0 Å². The number of aromatic nitrogens is 1. The number of amides is 2. The van der Waals surface area contributed by atoms with Crippen molar-refractivity contribution < 1.29 is 9.53 Å². The van der Waals surface area contributed by atoms with Gasteiger partial charge in [-0.15, -0.1) is 11.3 Å². The minimum atomic E-state index is -0.221. The first-order valence-electron chi connectivity index (χ1n) is 9.76. The van der Waals surface area contributed by atoms with Gasteiger partial charge in [0.2, 0.25) is 0 Å². The highest BCUT2D eigenvalue weighted by molar-refractivity contribution is 7.21. The highest BCUT2D eigenvalue weighted by Gasteiger charge is 2.07. The van der Waals surface area contributed by atoms with Crippen molar-refractivity contribution in [2.45, 2.75) is 13.3 Å². The zero-order chi connectivity index (χ0) is 20.9. The molecule has 0 fully saturated rings. The molecule has 0 saturated carbocycles.